The standard InChI is InChI=1S/C22H25NO5S/c1-13-10-23(11-14(2)28-13)20(24)12-27-22(25)19-9-16-5-4-15-8-17(26-3)6-7-18(15)21(16)29-19/h6-9,13-14H,4-5,10-12H2,1-3H3. The molecule has 1 aliphatic heterocycles. The van der Waals surface area contributed by atoms with Crippen molar-refractivity contribution >= 4 is 23.2 Å². The van der Waals surface area contributed by atoms with Crippen molar-refractivity contribution in [3.63, 3.8) is 0 Å². The van der Waals surface area contributed by atoms with Crippen LogP contribution in [0.25, 0.3) is 10.4 Å². The van der Waals surface area contributed by atoms with E-state index in [9.17, 15) is 9.59 Å². The molecule has 1 aromatic heterocycles. The minimum absolute atomic E-state index is 0.0129. The van der Waals surface area contributed by atoms with E-state index in [1.54, 1.807) is 12.0 Å². The van der Waals surface area contributed by atoms with Crippen molar-refractivity contribution in [2.75, 3.05) is 26.8 Å². The van der Waals surface area contributed by atoms with Gasteiger partial charge in [-0.2, -0.15) is 0 Å². The Morgan fingerprint density at radius 3 is 2.59 bits per heavy atom. The predicted octanol–water partition coefficient (Wildman–Crippen LogP) is 3.31. The quantitative estimate of drug-likeness (QED) is 0.717. The lowest BCUT2D eigenvalue weighted by molar-refractivity contribution is -0.146. The molecule has 4 rings (SSSR count). The zero-order chi connectivity index (χ0) is 20.5. The topological polar surface area (TPSA) is 65.1 Å². The van der Waals surface area contributed by atoms with E-state index in [0.29, 0.717) is 18.0 Å². The first-order chi connectivity index (χ1) is 13.9. The highest BCUT2D eigenvalue weighted by atomic mass is 32.1. The van der Waals surface area contributed by atoms with E-state index in [2.05, 4.69) is 6.07 Å². The molecule has 0 saturated carbocycles. The number of methoxy groups -OCH3 is 1. The molecule has 0 bridgehead atoms. The van der Waals surface area contributed by atoms with Crippen molar-refractivity contribution in [1.29, 1.82) is 0 Å². The first-order valence-electron chi connectivity index (χ1n) is 9.85. The smallest absolute Gasteiger partial charge is 0.348 e. The van der Waals surface area contributed by atoms with E-state index in [1.165, 1.54) is 16.9 Å². The van der Waals surface area contributed by atoms with E-state index in [1.807, 2.05) is 32.0 Å². The molecule has 1 amide bonds. The Hall–Kier alpha value is -2.38. The average molecular weight is 416 g/mol. The van der Waals surface area contributed by atoms with Crippen LogP contribution in [0, 0.1) is 0 Å². The van der Waals surface area contributed by atoms with E-state index in [0.717, 1.165) is 34.6 Å². The molecule has 1 fully saturated rings. The minimum atomic E-state index is -0.442. The Morgan fingerprint density at radius 2 is 1.86 bits per heavy atom. The minimum Gasteiger partial charge on any atom is -0.497 e. The van der Waals surface area contributed by atoms with E-state index in [-0.39, 0.29) is 24.7 Å². The normalized spacial score (nSPS) is 20.6. The third kappa shape index (κ3) is 4.16. The van der Waals surface area contributed by atoms with Gasteiger partial charge in [0.15, 0.2) is 6.61 Å². The van der Waals surface area contributed by atoms with Crippen molar-refractivity contribution in [3.05, 3.63) is 40.3 Å². The second-order valence-electron chi connectivity index (χ2n) is 7.62. The van der Waals surface area contributed by atoms with E-state index < -0.39 is 5.97 Å². The average Bonchev–Trinajstić information content (AvgIpc) is 3.15. The molecule has 0 spiro atoms. The summed E-state index contributed by atoms with van der Waals surface area (Å²) in [6.45, 7) is 4.67. The highest BCUT2D eigenvalue weighted by Crippen LogP contribution is 2.41. The van der Waals surface area contributed by atoms with E-state index in [4.69, 9.17) is 14.2 Å². The predicted molar refractivity (Wildman–Crippen MR) is 111 cm³/mol. The van der Waals surface area contributed by atoms with E-state index >= 15 is 0 Å². The van der Waals surface area contributed by atoms with Crippen molar-refractivity contribution in [3.8, 4) is 16.2 Å². The van der Waals surface area contributed by atoms with Crippen molar-refractivity contribution in [1.82, 2.24) is 4.90 Å². The number of fused-ring (bicyclic) bond motifs is 3. The largest absolute Gasteiger partial charge is 0.497 e. The fourth-order valence-electron chi connectivity index (χ4n) is 4.01. The third-order valence-corrected chi connectivity index (χ3v) is 6.52. The van der Waals surface area contributed by atoms with Gasteiger partial charge in [0.2, 0.25) is 0 Å². The molecule has 0 radical (unpaired) electrons. The van der Waals surface area contributed by atoms with Crippen molar-refractivity contribution in [2.24, 2.45) is 0 Å². The number of hydrogen-bond acceptors (Lipinski definition) is 6. The lowest BCUT2D eigenvalue weighted by Crippen LogP contribution is -2.49. The molecular formula is C22H25NO5S. The molecule has 2 aromatic rings. The van der Waals surface area contributed by atoms with Gasteiger partial charge in [0, 0.05) is 18.0 Å². The lowest BCUT2D eigenvalue weighted by atomic mass is 9.91. The summed E-state index contributed by atoms with van der Waals surface area (Å²) in [5.41, 5.74) is 3.52. The van der Waals surface area contributed by atoms with Gasteiger partial charge >= 0.3 is 5.97 Å². The number of morpholine rings is 1. The van der Waals surface area contributed by atoms with Gasteiger partial charge in [-0.25, -0.2) is 4.79 Å². The number of nitrogens with zero attached hydrogens (tertiary/aromatic N) is 1. The van der Waals surface area contributed by atoms with Gasteiger partial charge in [-0.05, 0) is 67.6 Å². The maximum atomic E-state index is 12.6. The van der Waals surface area contributed by atoms with Gasteiger partial charge < -0.3 is 19.1 Å². The van der Waals surface area contributed by atoms with Crippen LogP contribution in [0.15, 0.2) is 24.3 Å². The van der Waals surface area contributed by atoms with Crippen molar-refractivity contribution in [2.45, 2.75) is 38.9 Å². The number of thiophene rings is 1. The molecule has 7 heteroatoms. The number of benzene rings is 1. The molecule has 2 heterocycles. The van der Waals surface area contributed by atoms with Gasteiger partial charge in [-0.3, -0.25) is 4.79 Å². The number of esters is 1. The van der Waals surface area contributed by atoms with Crippen LogP contribution in [-0.4, -0.2) is 55.8 Å². The Kier molecular flexibility index (Phi) is 5.61. The molecule has 1 saturated heterocycles. The highest BCUT2D eigenvalue weighted by Gasteiger charge is 2.27. The number of hydrogen-bond donors (Lipinski definition) is 0. The summed E-state index contributed by atoms with van der Waals surface area (Å²) < 4.78 is 16.3. The zero-order valence-corrected chi connectivity index (χ0v) is 17.7. The van der Waals surface area contributed by atoms with Gasteiger partial charge in [0.25, 0.3) is 5.91 Å². The number of aryl methyl sites for hydroxylation is 2. The maximum absolute atomic E-state index is 12.6. The second kappa shape index (κ2) is 8.16. The molecule has 6 nitrogen and oxygen atoms in total. The molecule has 1 aliphatic carbocycles. The van der Waals surface area contributed by atoms with Gasteiger partial charge in [0.1, 0.15) is 10.6 Å². The summed E-state index contributed by atoms with van der Waals surface area (Å²) in [6, 6.07) is 7.94. The molecular weight excluding hydrogens is 390 g/mol. The van der Waals surface area contributed by atoms with Crippen LogP contribution in [0.5, 0.6) is 5.75 Å². The first-order valence-corrected chi connectivity index (χ1v) is 10.7. The number of ether oxygens (including phenoxy) is 3. The SMILES string of the molecule is COc1ccc2c(c1)CCc1cc(C(=O)OCC(=O)N3CC(C)OC(C)C3)sc1-2. The summed E-state index contributed by atoms with van der Waals surface area (Å²) in [5.74, 6) is 0.218. The molecule has 0 N–H and O–H groups in total. The molecule has 2 atom stereocenters. The van der Waals surface area contributed by atoms with Crippen LogP contribution in [0.1, 0.15) is 34.6 Å². The Morgan fingerprint density at radius 1 is 1.14 bits per heavy atom. The Bertz CT molecular complexity index is 927. The number of carbonyl (C=O) groups is 2. The third-order valence-electron chi connectivity index (χ3n) is 5.33. The summed E-state index contributed by atoms with van der Waals surface area (Å²) in [5, 5.41) is 0. The molecule has 29 heavy (non-hydrogen) atoms. The van der Waals surface area contributed by atoms with Crippen LogP contribution < -0.4 is 4.74 Å². The van der Waals surface area contributed by atoms with Crippen LogP contribution in [0.3, 0.4) is 0 Å². The molecule has 2 aliphatic rings. The Balaban J connectivity index is 1.43. The molecule has 154 valence electrons. The number of amides is 1. The van der Waals surface area contributed by atoms with Gasteiger partial charge in [0.05, 0.1) is 19.3 Å². The lowest BCUT2D eigenvalue weighted by Gasteiger charge is -2.35. The summed E-state index contributed by atoms with van der Waals surface area (Å²) in [7, 11) is 1.66. The zero-order valence-electron chi connectivity index (χ0n) is 16.9. The van der Waals surface area contributed by atoms with Gasteiger partial charge in [-0.1, -0.05) is 0 Å². The molecule has 1 aromatic carbocycles. The second-order valence-corrected chi connectivity index (χ2v) is 8.67. The van der Waals surface area contributed by atoms with Crippen LogP contribution >= 0.6 is 11.3 Å². The highest BCUT2D eigenvalue weighted by molar-refractivity contribution is 7.17. The van der Waals surface area contributed by atoms with Crippen LogP contribution in [-0.2, 0) is 27.1 Å². The first kappa shape index (κ1) is 19.9. The fraction of sp³-hybridized carbons (Fsp3) is 0.455. The van der Waals surface area contributed by atoms with Crippen LogP contribution in [0.4, 0.5) is 0 Å². The molecule has 2 unspecified atom stereocenters. The number of rotatable bonds is 4. The monoisotopic (exact) mass is 415 g/mol. The maximum Gasteiger partial charge on any atom is 0.348 e. The number of carbonyl (C=O) groups excluding carboxylic acids is 2. The fourth-order valence-corrected chi connectivity index (χ4v) is 5.17. The summed E-state index contributed by atoms with van der Waals surface area (Å²) >= 11 is 1.43. The Labute approximate surface area is 174 Å². The van der Waals surface area contributed by atoms with Crippen LogP contribution in [0.2, 0.25) is 0 Å². The summed E-state index contributed by atoms with van der Waals surface area (Å²) in [4.78, 5) is 28.3. The summed E-state index contributed by atoms with van der Waals surface area (Å²) in [6.07, 6.45) is 1.76. The van der Waals surface area contributed by atoms with Gasteiger partial charge in [-0.15, -0.1) is 11.3 Å². The van der Waals surface area contributed by atoms with Crippen molar-refractivity contribution < 1.29 is 23.8 Å².